The number of nitrogens with one attached hydrogen (secondary N) is 1. The van der Waals surface area contributed by atoms with Crippen molar-refractivity contribution in [3.8, 4) is 5.75 Å². The van der Waals surface area contributed by atoms with Crippen molar-refractivity contribution in [2.24, 2.45) is 0 Å². The fourth-order valence-corrected chi connectivity index (χ4v) is 2.94. The topological polar surface area (TPSA) is 63.7 Å². The zero-order chi connectivity index (χ0) is 14.8. The lowest BCUT2D eigenvalue weighted by Crippen LogP contribution is -2.47. The number of pyridine rings is 1. The van der Waals surface area contributed by atoms with Crippen LogP contribution in [0.2, 0.25) is 0 Å². The molecule has 0 aliphatic carbocycles. The SMILES string of the molecule is C[C@@H]1CN(CC[C@H]2Oc3cccnc3NC2=O)C[C@H](C)O1. The Hall–Kier alpha value is -1.66. The highest BCUT2D eigenvalue weighted by Crippen LogP contribution is 2.27. The lowest BCUT2D eigenvalue weighted by atomic mass is 10.1. The number of hydrogen-bond donors (Lipinski definition) is 1. The van der Waals surface area contributed by atoms with Crippen molar-refractivity contribution in [3.63, 3.8) is 0 Å². The van der Waals surface area contributed by atoms with E-state index < -0.39 is 6.10 Å². The van der Waals surface area contributed by atoms with E-state index in [0.29, 0.717) is 18.0 Å². The Morgan fingerprint density at radius 1 is 1.38 bits per heavy atom. The maximum absolute atomic E-state index is 12.0. The lowest BCUT2D eigenvalue weighted by molar-refractivity contribution is -0.124. The van der Waals surface area contributed by atoms with Gasteiger partial charge in [0.1, 0.15) is 0 Å². The monoisotopic (exact) mass is 291 g/mol. The lowest BCUT2D eigenvalue weighted by Gasteiger charge is -2.36. The summed E-state index contributed by atoms with van der Waals surface area (Å²) in [6, 6.07) is 3.63. The zero-order valence-electron chi connectivity index (χ0n) is 12.4. The predicted molar refractivity (Wildman–Crippen MR) is 78.3 cm³/mol. The largest absolute Gasteiger partial charge is 0.477 e. The van der Waals surface area contributed by atoms with Crippen molar-refractivity contribution in [1.82, 2.24) is 9.88 Å². The van der Waals surface area contributed by atoms with Gasteiger partial charge in [0.05, 0.1) is 12.2 Å². The van der Waals surface area contributed by atoms with E-state index in [9.17, 15) is 4.79 Å². The molecule has 1 aromatic heterocycles. The minimum Gasteiger partial charge on any atom is -0.477 e. The number of morpholine rings is 1. The molecule has 0 radical (unpaired) electrons. The number of carbonyl (C=O) groups is 1. The molecule has 3 heterocycles. The van der Waals surface area contributed by atoms with Crippen molar-refractivity contribution in [3.05, 3.63) is 18.3 Å². The van der Waals surface area contributed by atoms with Gasteiger partial charge in [-0.05, 0) is 26.0 Å². The van der Waals surface area contributed by atoms with Crippen LogP contribution < -0.4 is 10.1 Å². The first-order valence-electron chi connectivity index (χ1n) is 7.42. The summed E-state index contributed by atoms with van der Waals surface area (Å²) in [5, 5.41) is 2.80. The third kappa shape index (κ3) is 3.33. The number of nitrogens with zero attached hydrogens (tertiary/aromatic N) is 2. The smallest absolute Gasteiger partial charge is 0.266 e. The number of aromatic nitrogens is 1. The molecule has 0 bridgehead atoms. The Balaban J connectivity index is 1.57. The molecule has 1 amide bonds. The van der Waals surface area contributed by atoms with E-state index >= 15 is 0 Å². The van der Waals surface area contributed by atoms with Gasteiger partial charge >= 0.3 is 0 Å². The number of fused-ring (bicyclic) bond motifs is 1. The standard InChI is InChI=1S/C15H21N3O3/c1-10-8-18(9-11(2)20-10)7-5-13-15(19)17-14-12(21-13)4-3-6-16-14/h3-4,6,10-11,13H,5,7-9H2,1-2H3,(H,16,17,19)/t10-,11+,13-/m1/s1. The highest BCUT2D eigenvalue weighted by atomic mass is 16.5. The molecule has 114 valence electrons. The van der Waals surface area contributed by atoms with Gasteiger partial charge < -0.3 is 14.8 Å². The molecule has 3 rings (SSSR count). The summed E-state index contributed by atoms with van der Waals surface area (Å²) in [7, 11) is 0. The summed E-state index contributed by atoms with van der Waals surface area (Å²) in [6.45, 7) is 6.78. The van der Waals surface area contributed by atoms with E-state index in [1.165, 1.54) is 0 Å². The molecule has 6 nitrogen and oxygen atoms in total. The van der Waals surface area contributed by atoms with E-state index in [4.69, 9.17) is 9.47 Å². The van der Waals surface area contributed by atoms with E-state index in [-0.39, 0.29) is 18.1 Å². The van der Waals surface area contributed by atoms with Gasteiger partial charge in [-0.25, -0.2) is 4.98 Å². The second-order valence-corrected chi connectivity index (χ2v) is 5.75. The molecule has 2 aliphatic heterocycles. The van der Waals surface area contributed by atoms with E-state index in [2.05, 4.69) is 29.0 Å². The van der Waals surface area contributed by atoms with Crippen LogP contribution in [0.4, 0.5) is 5.82 Å². The molecule has 1 N–H and O–H groups in total. The zero-order valence-corrected chi connectivity index (χ0v) is 12.4. The highest BCUT2D eigenvalue weighted by Gasteiger charge is 2.29. The molecule has 0 saturated carbocycles. The van der Waals surface area contributed by atoms with Crippen LogP contribution in [0.15, 0.2) is 18.3 Å². The molecule has 6 heteroatoms. The van der Waals surface area contributed by atoms with Crippen molar-refractivity contribution in [2.75, 3.05) is 25.0 Å². The average Bonchev–Trinajstić information content (AvgIpc) is 2.44. The second-order valence-electron chi connectivity index (χ2n) is 5.75. The normalized spacial score (nSPS) is 29.4. The molecule has 0 aromatic carbocycles. The van der Waals surface area contributed by atoms with Gasteiger partial charge in [0, 0.05) is 32.3 Å². The number of rotatable bonds is 3. The second kappa shape index (κ2) is 5.99. The van der Waals surface area contributed by atoms with E-state index in [0.717, 1.165) is 19.6 Å². The van der Waals surface area contributed by atoms with E-state index in [1.54, 1.807) is 12.3 Å². The van der Waals surface area contributed by atoms with Gasteiger partial charge in [0.15, 0.2) is 17.7 Å². The Bertz CT molecular complexity index is 513. The van der Waals surface area contributed by atoms with Crippen LogP contribution in [-0.2, 0) is 9.53 Å². The first kappa shape index (κ1) is 14.3. The van der Waals surface area contributed by atoms with Crippen molar-refractivity contribution >= 4 is 11.7 Å². The molecule has 0 unspecified atom stereocenters. The average molecular weight is 291 g/mol. The Morgan fingerprint density at radius 3 is 2.90 bits per heavy atom. The van der Waals surface area contributed by atoms with Gasteiger partial charge in [-0.2, -0.15) is 0 Å². The van der Waals surface area contributed by atoms with Gasteiger partial charge in [-0.1, -0.05) is 0 Å². The molecule has 21 heavy (non-hydrogen) atoms. The van der Waals surface area contributed by atoms with Crippen LogP contribution in [-0.4, -0.2) is 53.7 Å². The summed E-state index contributed by atoms with van der Waals surface area (Å²) >= 11 is 0. The summed E-state index contributed by atoms with van der Waals surface area (Å²) in [6.07, 6.45) is 2.33. The molecule has 1 aromatic rings. The molecule has 3 atom stereocenters. The first-order chi connectivity index (χ1) is 10.1. The van der Waals surface area contributed by atoms with Crippen LogP contribution in [0.1, 0.15) is 20.3 Å². The Kier molecular flexibility index (Phi) is 4.07. The van der Waals surface area contributed by atoms with Crippen molar-refractivity contribution < 1.29 is 14.3 Å². The summed E-state index contributed by atoms with van der Waals surface area (Å²) < 4.78 is 11.5. The van der Waals surface area contributed by atoms with Crippen LogP contribution >= 0.6 is 0 Å². The maximum Gasteiger partial charge on any atom is 0.266 e. The van der Waals surface area contributed by atoms with Crippen molar-refractivity contribution in [2.45, 2.75) is 38.6 Å². The van der Waals surface area contributed by atoms with Crippen LogP contribution in [0.3, 0.4) is 0 Å². The van der Waals surface area contributed by atoms with Crippen LogP contribution in [0.25, 0.3) is 0 Å². The number of ether oxygens (including phenoxy) is 2. The summed E-state index contributed by atoms with van der Waals surface area (Å²) in [5.74, 6) is 1.04. The molecule has 2 aliphatic rings. The van der Waals surface area contributed by atoms with Crippen molar-refractivity contribution in [1.29, 1.82) is 0 Å². The number of amides is 1. The van der Waals surface area contributed by atoms with Crippen LogP contribution in [0.5, 0.6) is 5.75 Å². The highest BCUT2D eigenvalue weighted by molar-refractivity contribution is 5.96. The minimum absolute atomic E-state index is 0.115. The molecule has 1 fully saturated rings. The number of anilines is 1. The Morgan fingerprint density at radius 2 is 2.14 bits per heavy atom. The molecular formula is C15H21N3O3. The molecule has 1 saturated heterocycles. The van der Waals surface area contributed by atoms with Crippen LogP contribution in [0, 0.1) is 0 Å². The van der Waals surface area contributed by atoms with E-state index in [1.807, 2.05) is 6.07 Å². The summed E-state index contributed by atoms with van der Waals surface area (Å²) in [4.78, 5) is 18.5. The fraction of sp³-hybridized carbons (Fsp3) is 0.600. The Labute approximate surface area is 124 Å². The maximum atomic E-state index is 12.0. The van der Waals surface area contributed by atoms with Gasteiger partial charge in [0.25, 0.3) is 5.91 Å². The van der Waals surface area contributed by atoms with Gasteiger partial charge in [0.2, 0.25) is 0 Å². The molecular weight excluding hydrogens is 270 g/mol. The fourth-order valence-electron chi connectivity index (χ4n) is 2.94. The predicted octanol–water partition coefficient (Wildman–Crippen LogP) is 1.28. The summed E-state index contributed by atoms with van der Waals surface area (Å²) in [5.41, 5.74) is 0. The number of hydrogen-bond acceptors (Lipinski definition) is 5. The van der Waals surface area contributed by atoms with Gasteiger partial charge in [-0.3, -0.25) is 9.69 Å². The minimum atomic E-state index is -0.449. The third-order valence-corrected chi connectivity index (χ3v) is 3.78. The first-order valence-corrected chi connectivity index (χ1v) is 7.42. The van der Waals surface area contributed by atoms with Gasteiger partial charge in [-0.15, -0.1) is 0 Å². The number of carbonyl (C=O) groups excluding carboxylic acids is 1. The molecule has 0 spiro atoms. The third-order valence-electron chi connectivity index (χ3n) is 3.78. The quantitative estimate of drug-likeness (QED) is 0.909.